The van der Waals surface area contributed by atoms with Crippen LogP contribution in [0.15, 0.2) is 0 Å². The lowest BCUT2D eigenvalue weighted by Gasteiger charge is -1.89. The second-order valence-electron chi connectivity index (χ2n) is 2.10. The molecule has 9 heavy (non-hydrogen) atoms. The van der Waals surface area contributed by atoms with Gasteiger partial charge < -0.3 is 5.11 Å². The van der Waals surface area contributed by atoms with Crippen molar-refractivity contribution in [1.82, 2.24) is 0 Å². The molecule has 0 aliphatic rings. The molecule has 0 heterocycles. The highest BCUT2D eigenvalue weighted by Gasteiger charge is 1.80. The van der Waals surface area contributed by atoms with Crippen LogP contribution in [0.25, 0.3) is 0 Å². The molecule has 0 aliphatic carbocycles. The van der Waals surface area contributed by atoms with Crippen LogP contribution in [0.4, 0.5) is 0 Å². The Balaban J connectivity index is 0. The second kappa shape index (κ2) is 7.82. The lowest BCUT2D eigenvalue weighted by molar-refractivity contribution is -0.134. The summed E-state index contributed by atoms with van der Waals surface area (Å²) < 4.78 is 0. The monoisotopic (exact) mass is 150 g/mol. The van der Waals surface area contributed by atoms with Gasteiger partial charge in [-0.05, 0) is 11.7 Å². The van der Waals surface area contributed by atoms with E-state index in [4.69, 9.17) is 9.90 Å². The van der Waals surface area contributed by atoms with Crippen molar-refractivity contribution in [2.45, 2.75) is 20.8 Å². The minimum atomic E-state index is -0.833. The summed E-state index contributed by atoms with van der Waals surface area (Å²) in [7, 11) is 0. The fraction of sp³-hybridized carbons (Fsp3) is 0.833. The van der Waals surface area contributed by atoms with Gasteiger partial charge in [0, 0.05) is 6.92 Å². The van der Waals surface area contributed by atoms with Crippen LogP contribution in [0.1, 0.15) is 20.8 Å². The molecular formula is C6H14O2S. The minimum Gasteiger partial charge on any atom is -0.481 e. The van der Waals surface area contributed by atoms with Gasteiger partial charge in [0.05, 0.1) is 0 Å². The first-order chi connectivity index (χ1) is 4.00. The van der Waals surface area contributed by atoms with Crippen LogP contribution in [0.3, 0.4) is 0 Å². The van der Waals surface area contributed by atoms with Crippen LogP contribution >= 0.6 is 12.6 Å². The van der Waals surface area contributed by atoms with E-state index in [2.05, 4.69) is 26.5 Å². The summed E-state index contributed by atoms with van der Waals surface area (Å²) in [6.07, 6.45) is 0. The first-order valence-corrected chi connectivity index (χ1v) is 3.44. The van der Waals surface area contributed by atoms with Crippen LogP contribution in [0.2, 0.25) is 0 Å². The molecule has 0 aliphatic heterocycles. The zero-order valence-electron chi connectivity index (χ0n) is 6.09. The number of carboxylic acid groups (broad SMARTS) is 1. The minimum absolute atomic E-state index is 0.748. The first-order valence-electron chi connectivity index (χ1n) is 2.81. The Kier molecular flexibility index (Phi) is 10.1. The molecule has 0 unspecified atom stereocenters. The molecule has 2 nitrogen and oxygen atoms in total. The van der Waals surface area contributed by atoms with Crippen molar-refractivity contribution in [3.05, 3.63) is 0 Å². The Hall–Kier alpha value is -0.180. The van der Waals surface area contributed by atoms with Crippen LogP contribution in [0, 0.1) is 5.92 Å². The topological polar surface area (TPSA) is 37.3 Å². The molecule has 0 atom stereocenters. The fourth-order valence-corrected chi connectivity index (χ4v) is 0. The highest BCUT2D eigenvalue weighted by atomic mass is 32.1. The molecule has 0 radical (unpaired) electrons. The van der Waals surface area contributed by atoms with E-state index in [1.54, 1.807) is 0 Å². The summed E-state index contributed by atoms with van der Waals surface area (Å²) >= 11 is 4.02. The first kappa shape index (κ1) is 11.6. The molecule has 0 rings (SSSR count). The standard InChI is InChI=1S/C4H10S.C2H4O2/c1-4(2)3-5;1-2(3)4/h4-5H,3H2,1-2H3;1H3,(H,3,4). The maximum absolute atomic E-state index is 9.00. The highest BCUT2D eigenvalue weighted by Crippen LogP contribution is 1.90. The zero-order valence-corrected chi connectivity index (χ0v) is 6.98. The highest BCUT2D eigenvalue weighted by molar-refractivity contribution is 7.80. The normalized spacial score (nSPS) is 8.11. The molecule has 0 spiro atoms. The lowest BCUT2D eigenvalue weighted by atomic mass is 10.3. The van der Waals surface area contributed by atoms with Gasteiger partial charge in [-0.3, -0.25) is 4.79 Å². The van der Waals surface area contributed by atoms with Crippen molar-refractivity contribution in [2.24, 2.45) is 5.92 Å². The number of hydrogen-bond acceptors (Lipinski definition) is 2. The zero-order chi connectivity index (χ0) is 7.86. The predicted octanol–water partition coefficient (Wildman–Crippen LogP) is 1.66. The summed E-state index contributed by atoms with van der Waals surface area (Å²) in [5.41, 5.74) is 0. The van der Waals surface area contributed by atoms with Gasteiger partial charge in [-0.15, -0.1) is 0 Å². The summed E-state index contributed by atoms with van der Waals surface area (Å²) in [6, 6.07) is 0. The van der Waals surface area contributed by atoms with Gasteiger partial charge in [0.1, 0.15) is 0 Å². The fourth-order valence-electron chi connectivity index (χ4n) is 0. The summed E-state index contributed by atoms with van der Waals surface area (Å²) in [5.74, 6) is 0.915. The van der Waals surface area contributed by atoms with Crippen molar-refractivity contribution < 1.29 is 9.90 Å². The van der Waals surface area contributed by atoms with Gasteiger partial charge in [-0.1, -0.05) is 13.8 Å². The third-order valence-electron chi connectivity index (χ3n) is 0.365. The Morgan fingerprint density at radius 1 is 1.67 bits per heavy atom. The van der Waals surface area contributed by atoms with E-state index in [9.17, 15) is 0 Å². The van der Waals surface area contributed by atoms with Crippen molar-refractivity contribution in [2.75, 3.05) is 5.75 Å². The number of hydrogen-bond donors (Lipinski definition) is 2. The third kappa shape index (κ3) is 80.0. The lowest BCUT2D eigenvalue weighted by Crippen LogP contribution is -1.83. The van der Waals surface area contributed by atoms with Crippen LogP contribution in [-0.2, 0) is 4.79 Å². The number of rotatable bonds is 1. The predicted molar refractivity (Wildman–Crippen MR) is 42.0 cm³/mol. The van der Waals surface area contributed by atoms with Crippen molar-refractivity contribution in [3.63, 3.8) is 0 Å². The molecule has 56 valence electrons. The van der Waals surface area contributed by atoms with E-state index < -0.39 is 5.97 Å². The Morgan fingerprint density at radius 3 is 1.78 bits per heavy atom. The average molecular weight is 150 g/mol. The smallest absolute Gasteiger partial charge is 0.300 e. The number of carbonyl (C=O) groups is 1. The summed E-state index contributed by atoms with van der Waals surface area (Å²) in [4.78, 5) is 9.00. The molecule has 0 aromatic heterocycles. The van der Waals surface area contributed by atoms with Crippen molar-refractivity contribution in [1.29, 1.82) is 0 Å². The molecule has 0 aromatic carbocycles. The molecule has 0 saturated carbocycles. The van der Waals surface area contributed by atoms with E-state index in [1.807, 2.05) is 0 Å². The Bertz CT molecular complexity index is 67.5. The summed E-state index contributed by atoms with van der Waals surface area (Å²) in [5, 5.41) is 7.42. The Labute approximate surface area is 61.7 Å². The number of carboxylic acids is 1. The largest absolute Gasteiger partial charge is 0.481 e. The van der Waals surface area contributed by atoms with Crippen LogP contribution in [-0.4, -0.2) is 16.8 Å². The molecule has 0 amide bonds. The molecule has 0 aromatic rings. The van der Waals surface area contributed by atoms with Crippen molar-refractivity contribution >= 4 is 18.6 Å². The number of thiol groups is 1. The number of aliphatic carboxylic acids is 1. The molecular weight excluding hydrogens is 136 g/mol. The maximum Gasteiger partial charge on any atom is 0.300 e. The van der Waals surface area contributed by atoms with Gasteiger partial charge in [0.2, 0.25) is 0 Å². The molecule has 1 N–H and O–H groups in total. The van der Waals surface area contributed by atoms with E-state index in [0.717, 1.165) is 18.6 Å². The van der Waals surface area contributed by atoms with Crippen LogP contribution in [0.5, 0.6) is 0 Å². The van der Waals surface area contributed by atoms with Gasteiger partial charge in [0.15, 0.2) is 0 Å². The van der Waals surface area contributed by atoms with Gasteiger partial charge >= 0.3 is 0 Å². The molecule has 3 heteroatoms. The summed E-state index contributed by atoms with van der Waals surface area (Å²) in [6.45, 7) is 5.38. The average Bonchev–Trinajstić information content (AvgIpc) is 1.65. The molecule has 0 saturated heterocycles. The van der Waals surface area contributed by atoms with Gasteiger partial charge in [0.25, 0.3) is 5.97 Å². The van der Waals surface area contributed by atoms with Crippen molar-refractivity contribution in [3.8, 4) is 0 Å². The SMILES string of the molecule is CC(=O)O.CC(C)CS. The van der Waals surface area contributed by atoms with Gasteiger partial charge in [-0.25, -0.2) is 0 Å². The van der Waals surface area contributed by atoms with E-state index in [-0.39, 0.29) is 0 Å². The second-order valence-corrected chi connectivity index (χ2v) is 2.46. The quantitative estimate of drug-likeness (QED) is 0.558. The van der Waals surface area contributed by atoms with Crippen LogP contribution < -0.4 is 0 Å². The van der Waals surface area contributed by atoms with E-state index in [1.165, 1.54) is 0 Å². The van der Waals surface area contributed by atoms with Gasteiger partial charge in [-0.2, -0.15) is 12.6 Å². The molecule has 0 fully saturated rings. The Morgan fingerprint density at radius 2 is 1.78 bits per heavy atom. The third-order valence-corrected chi connectivity index (χ3v) is 1.10. The van der Waals surface area contributed by atoms with E-state index in [0.29, 0.717) is 0 Å². The molecule has 0 bridgehead atoms. The maximum atomic E-state index is 9.00. The van der Waals surface area contributed by atoms with E-state index >= 15 is 0 Å².